The van der Waals surface area contributed by atoms with Gasteiger partial charge in [0.05, 0.1) is 0 Å². The predicted molar refractivity (Wildman–Crippen MR) is 79.0 cm³/mol. The van der Waals surface area contributed by atoms with E-state index in [4.69, 9.17) is 4.43 Å². The van der Waals surface area contributed by atoms with Crippen LogP contribution in [0.3, 0.4) is 0 Å². The standard InChI is InChI=1S/C15H32OSi/c1-7-16-17(12(2)3,13(4)5)15-10-8-14(6)9-11-15/h12-15H,7-11H2,1-6H3. The van der Waals surface area contributed by atoms with Gasteiger partial charge in [0.2, 0.25) is 8.32 Å². The molecule has 0 aromatic carbocycles. The first-order valence-electron chi connectivity index (χ1n) is 7.59. The Balaban J connectivity index is 2.87. The molecule has 0 radical (unpaired) electrons. The predicted octanol–water partition coefficient (Wildman–Crippen LogP) is 5.37. The fourth-order valence-electron chi connectivity index (χ4n) is 4.02. The molecule has 0 unspecified atom stereocenters. The molecule has 1 rings (SSSR count). The summed E-state index contributed by atoms with van der Waals surface area (Å²) in [5, 5.41) is 0. The summed E-state index contributed by atoms with van der Waals surface area (Å²) in [6, 6.07) is 0. The Hall–Kier alpha value is 0.177. The van der Waals surface area contributed by atoms with Crippen LogP contribution < -0.4 is 0 Å². The molecule has 0 heterocycles. The van der Waals surface area contributed by atoms with Crippen molar-refractivity contribution in [2.45, 2.75) is 83.8 Å². The molecule has 1 saturated carbocycles. The van der Waals surface area contributed by atoms with Gasteiger partial charge in [0, 0.05) is 6.61 Å². The Kier molecular flexibility index (Phi) is 5.71. The van der Waals surface area contributed by atoms with Crippen LogP contribution in [0.4, 0.5) is 0 Å². The molecule has 102 valence electrons. The average molecular weight is 257 g/mol. The molecule has 1 fully saturated rings. The highest BCUT2D eigenvalue weighted by molar-refractivity contribution is 6.77. The van der Waals surface area contributed by atoms with E-state index in [0.717, 1.165) is 29.1 Å². The number of hydrogen-bond acceptors (Lipinski definition) is 1. The van der Waals surface area contributed by atoms with Crippen molar-refractivity contribution in [1.29, 1.82) is 0 Å². The number of rotatable bonds is 5. The maximum absolute atomic E-state index is 6.47. The van der Waals surface area contributed by atoms with Gasteiger partial charge in [0.25, 0.3) is 0 Å². The Bertz CT molecular complexity index is 209. The van der Waals surface area contributed by atoms with Gasteiger partial charge < -0.3 is 4.43 Å². The molecule has 0 bridgehead atoms. The van der Waals surface area contributed by atoms with Crippen LogP contribution in [-0.2, 0) is 4.43 Å². The minimum absolute atomic E-state index is 0.751. The van der Waals surface area contributed by atoms with E-state index in [-0.39, 0.29) is 0 Å². The summed E-state index contributed by atoms with van der Waals surface area (Å²) in [5.74, 6) is 0.943. The van der Waals surface area contributed by atoms with Crippen LogP contribution in [0.5, 0.6) is 0 Å². The molecule has 1 aliphatic carbocycles. The molecule has 0 aliphatic heterocycles. The Morgan fingerprint density at radius 1 is 1.00 bits per heavy atom. The van der Waals surface area contributed by atoms with E-state index in [1.54, 1.807) is 0 Å². The highest BCUT2D eigenvalue weighted by Crippen LogP contribution is 2.49. The van der Waals surface area contributed by atoms with Crippen LogP contribution in [0.25, 0.3) is 0 Å². The van der Waals surface area contributed by atoms with Gasteiger partial charge in [-0.15, -0.1) is 0 Å². The highest BCUT2D eigenvalue weighted by Gasteiger charge is 2.48. The summed E-state index contributed by atoms with van der Waals surface area (Å²) in [7, 11) is -1.58. The van der Waals surface area contributed by atoms with Crippen molar-refractivity contribution in [3.8, 4) is 0 Å². The van der Waals surface area contributed by atoms with Crippen molar-refractivity contribution >= 4 is 8.32 Å². The molecule has 1 aliphatic rings. The maximum Gasteiger partial charge on any atom is 0.200 e. The first-order valence-corrected chi connectivity index (χ1v) is 9.73. The first kappa shape index (κ1) is 15.2. The van der Waals surface area contributed by atoms with Crippen LogP contribution in [0.15, 0.2) is 0 Å². The van der Waals surface area contributed by atoms with E-state index in [1.807, 2.05) is 0 Å². The lowest BCUT2D eigenvalue weighted by atomic mass is 9.90. The lowest BCUT2D eigenvalue weighted by Crippen LogP contribution is -2.50. The Morgan fingerprint density at radius 3 is 1.82 bits per heavy atom. The second-order valence-corrected chi connectivity index (χ2v) is 11.7. The van der Waals surface area contributed by atoms with E-state index >= 15 is 0 Å². The third-order valence-electron chi connectivity index (χ3n) is 4.85. The van der Waals surface area contributed by atoms with Gasteiger partial charge in [0.1, 0.15) is 0 Å². The van der Waals surface area contributed by atoms with Crippen molar-refractivity contribution in [2.24, 2.45) is 5.92 Å². The van der Waals surface area contributed by atoms with Crippen LogP contribution >= 0.6 is 0 Å². The minimum Gasteiger partial charge on any atom is -0.416 e. The molecule has 0 aromatic heterocycles. The zero-order valence-corrected chi connectivity index (χ0v) is 13.8. The molecule has 2 heteroatoms. The van der Waals surface area contributed by atoms with E-state index in [9.17, 15) is 0 Å². The molecule has 0 atom stereocenters. The SMILES string of the molecule is CCO[Si](C(C)C)(C(C)C)C1CCC(C)CC1. The molecule has 0 saturated heterocycles. The monoisotopic (exact) mass is 256 g/mol. The van der Waals surface area contributed by atoms with Crippen LogP contribution in [0.2, 0.25) is 16.6 Å². The summed E-state index contributed by atoms with van der Waals surface area (Å²) in [6.45, 7) is 15.1. The maximum atomic E-state index is 6.47. The molecular formula is C15H32OSi. The summed E-state index contributed by atoms with van der Waals surface area (Å²) < 4.78 is 6.47. The highest BCUT2D eigenvalue weighted by atomic mass is 28.4. The summed E-state index contributed by atoms with van der Waals surface area (Å²) in [4.78, 5) is 0. The molecule has 1 nitrogen and oxygen atoms in total. The van der Waals surface area contributed by atoms with Gasteiger partial charge in [-0.1, -0.05) is 60.3 Å². The average Bonchev–Trinajstić information content (AvgIpc) is 2.26. The van der Waals surface area contributed by atoms with Crippen LogP contribution in [0, 0.1) is 5.92 Å². The summed E-state index contributed by atoms with van der Waals surface area (Å²) in [6.07, 6.45) is 5.69. The third-order valence-corrected chi connectivity index (χ3v) is 11.1. The Labute approximate surface area is 109 Å². The zero-order valence-electron chi connectivity index (χ0n) is 12.8. The minimum atomic E-state index is -1.58. The normalized spacial score (nSPS) is 26.8. The smallest absolute Gasteiger partial charge is 0.200 e. The zero-order chi connectivity index (χ0) is 13.1. The van der Waals surface area contributed by atoms with Gasteiger partial charge in [0.15, 0.2) is 0 Å². The second kappa shape index (κ2) is 6.37. The van der Waals surface area contributed by atoms with E-state index < -0.39 is 8.32 Å². The van der Waals surface area contributed by atoms with Gasteiger partial charge in [-0.05, 0) is 29.5 Å². The van der Waals surface area contributed by atoms with E-state index in [0.29, 0.717) is 0 Å². The Morgan fingerprint density at radius 2 is 1.47 bits per heavy atom. The quantitative estimate of drug-likeness (QED) is 0.601. The largest absolute Gasteiger partial charge is 0.416 e. The fraction of sp³-hybridized carbons (Fsp3) is 1.00. The summed E-state index contributed by atoms with van der Waals surface area (Å²) in [5.41, 5.74) is 2.40. The lowest BCUT2D eigenvalue weighted by Gasteiger charge is -2.46. The van der Waals surface area contributed by atoms with Crippen molar-refractivity contribution in [2.75, 3.05) is 6.61 Å². The van der Waals surface area contributed by atoms with E-state index in [2.05, 4.69) is 41.5 Å². The topological polar surface area (TPSA) is 9.23 Å². The van der Waals surface area contributed by atoms with Gasteiger partial charge >= 0.3 is 0 Å². The van der Waals surface area contributed by atoms with Crippen molar-refractivity contribution in [3.05, 3.63) is 0 Å². The van der Waals surface area contributed by atoms with Gasteiger partial charge in [-0.2, -0.15) is 0 Å². The second-order valence-electron chi connectivity index (χ2n) is 6.55. The van der Waals surface area contributed by atoms with E-state index in [1.165, 1.54) is 25.7 Å². The molecule has 0 N–H and O–H groups in total. The van der Waals surface area contributed by atoms with Crippen molar-refractivity contribution in [3.63, 3.8) is 0 Å². The lowest BCUT2D eigenvalue weighted by molar-refractivity contribution is 0.268. The van der Waals surface area contributed by atoms with Crippen LogP contribution in [-0.4, -0.2) is 14.9 Å². The number of hydrogen-bond donors (Lipinski definition) is 0. The van der Waals surface area contributed by atoms with Gasteiger partial charge in [-0.3, -0.25) is 0 Å². The van der Waals surface area contributed by atoms with Crippen molar-refractivity contribution in [1.82, 2.24) is 0 Å². The molecule has 0 aromatic rings. The molecule has 17 heavy (non-hydrogen) atoms. The van der Waals surface area contributed by atoms with Crippen molar-refractivity contribution < 1.29 is 4.43 Å². The van der Waals surface area contributed by atoms with Gasteiger partial charge in [-0.25, -0.2) is 0 Å². The third kappa shape index (κ3) is 3.14. The summed E-state index contributed by atoms with van der Waals surface area (Å²) >= 11 is 0. The van der Waals surface area contributed by atoms with Crippen LogP contribution in [0.1, 0.15) is 67.2 Å². The molecular weight excluding hydrogens is 224 g/mol. The molecule has 0 amide bonds. The molecule has 0 spiro atoms. The fourth-order valence-corrected chi connectivity index (χ4v) is 9.88. The first-order chi connectivity index (χ1) is 7.95.